The number of aliphatic carboxylic acids is 1. The lowest BCUT2D eigenvalue weighted by molar-refractivity contribution is -0.139. The van der Waals surface area contributed by atoms with Gasteiger partial charge in [-0.3, -0.25) is 4.79 Å². The first-order valence-corrected chi connectivity index (χ1v) is 8.71. The average molecular weight is 415 g/mol. The fourth-order valence-electron chi connectivity index (χ4n) is 2.74. The molecule has 0 saturated heterocycles. The number of halogens is 1. The number of ether oxygens (including phenoxy) is 1. The van der Waals surface area contributed by atoms with Crippen LogP contribution in [0.15, 0.2) is 54.6 Å². The van der Waals surface area contributed by atoms with Gasteiger partial charge >= 0.3 is 5.97 Å². The molecule has 132 valence electrons. The van der Waals surface area contributed by atoms with Crippen molar-refractivity contribution in [3.8, 4) is 11.5 Å². The number of hydrogen-bond acceptors (Lipinski definition) is 4. The van der Waals surface area contributed by atoms with E-state index >= 15 is 0 Å². The quantitative estimate of drug-likeness (QED) is 0.463. The molecule has 0 aliphatic rings. The zero-order valence-electron chi connectivity index (χ0n) is 13.6. The van der Waals surface area contributed by atoms with Crippen LogP contribution in [0.5, 0.6) is 11.5 Å². The molecule has 0 aliphatic carbocycles. The van der Waals surface area contributed by atoms with Crippen molar-refractivity contribution in [3.05, 3.63) is 71.3 Å². The number of carbonyl (C=O) groups excluding carboxylic acids is 1. The largest absolute Gasteiger partial charge is 0.507 e. The Kier molecular flexibility index (Phi) is 5.23. The summed E-state index contributed by atoms with van der Waals surface area (Å²) in [5, 5.41) is 21.4. The highest BCUT2D eigenvalue weighted by Crippen LogP contribution is 2.43. The molecule has 6 heteroatoms. The van der Waals surface area contributed by atoms with Gasteiger partial charge < -0.3 is 14.9 Å². The van der Waals surface area contributed by atoms with Crippen molar-refractivity contribution in [1.82, 2.24) is 0 Å². The van der Waals surface area contributed by atoms with Gasteiger partial charge in [-0.15, -0.1) is 0 Å². The van der Waals surface area contributed by atoms with Crippen molar-refractivity contribution < 1.29 is 24.5 Å². The maximum atomic E-state index is 11.2. The summed E-state index contributed by atoms with van der Waals surface area (Å²) in [6.07, 6.45) is 0.542. The SMILES string of the molecule is O=Cc1ccc(OCC(=O)O)c(C(Br)c2ccc3ccccc3c2)c1O. The number of phenolic OH excluding ortho intramolecular Hbond substituents is 1. The number of aldehydes is 1. The molecule has 3 rings (SSSR count). The molecule has 0 saturated carbocycles. The smallest absolute Gasteiger partial charge is 0.341 e. The van der Waals surface area contributed by atoms with E-state index < -0.39 is 17.4 Å². The van der Waals surface area contributed by atoms with E-state index in [9.17, 15) is 14.7 Å². The first-order chi connectivity index (χ1) is 12.5. The lowest BCUT2D eigenvalue weighted by Gasteiger charge is -2.18. The van der Waals surface area contributed by atoms with E-state index in [0.29, 0.717) is 11.8 Å². The molecule has 0 amide bonds. The summed E-state index contributed by atoms with van der Waals surface area (Å²) < 4.78 is 5.30. The Morgan fingerprint density at radius 1 is 1.12 bits per heavy atom. The second-order valence-corrected chi connectivity index (χ2v) is 6.60. The summed E-state index contributed by atoms with van der Waals surface area (Å²) in [5.41, 5.74) is 1.25. The van der Waals surface area contributed by atoms with E-state index in [-0.39, 0.29) is 17.1 Å². The number of rotatable bonds is 6. The highest BCUT2D eigenvalue weighted by Gasteiger charge is 2.23. The molecule has 0 heterocycles. The van der Waals surface area contributed by atoms with Gasteiger partial charge in [0.15, 0.2) is 12.9 Å². The molecular weight excluding hydrogens is 400 g/mol. The molecule has 3 aromatic rings. The standard InChI is InChI=1S/C20H15BrO5/c21-19(14-6-5-12-3-1-2-4-13(12)9-14)18-16(26-11-17(23)24)8-7-15(10-22)20(18)25/h1-10,19,25H,11H2,(H,23,24). The average Bonchev–Trinajstić information content (AvgIpc) is 2.65. The van der Waals surface area contributed by atoms with Crippen molar-refractivity contribution in [1.29, 1.82) is 0 Å². The van der Waals surface area contributed by atoms with Crippen LogP contribution in [0.1, 0.15) is 26.3 Å². The van der Waals surface area contributed by atoms with Gasteiger partial charge in [0, 0.05) is 0 Å². The Morgan fingerprint density at radius 2 is 1.85 bits per heavy atom. The minimum Gasteiger partial charge on any atom is -0.507 e. The van der Waals surface area contributed by atoms with Gasteiger partial charge in [0.2, 0.25) is 0 Å². The van der Waals surface area contributed by atoms with Gasteiger partial charge in [-0.1, -0.05) is 52.3 Å². The van der Waals surface area contributed by atoms with E-state index in [1.165, 1.54) is 12.1 Å². The maximum absolute atomic E-state index is 11.2. The molecule has 3 aromatic carbocycles. The summed E-state index contributed by atoms with van der Waals surface area (Å²) in [6, 6.07) is 16.5. The van der Waals surface area contributed by atoms with Crippen LogP contribution in [0.2, 0.25) is 0 Å². The van der Waals surface area contributed by atoms with E-state index in [4.69, 9.17) is 9.84 Å². The Hall–Kier alpha value is -2.86. The third-order valence-corrected chi connectivity index (χ3v) is 4.99. The van der Waals surface area contributed by atoms with E-state index in [0.717, 1.165) is 16.3 Å². The fraction of sp³-hybridized carbons (Fsp3) is 0.100. The van der Waals surface area contributed by atoms with E-state index in [1.54, 1.807) is 0 Å². The Bertz CT molecular complexity index is 983. The predicted octanol–water partition coefficient (Wildman–Crippen LogP) is 4.31. The van der Waals surface area contributed by atoms with Crippen LogP contribution in [0.3, 0.4) is 0 Å². The van der Waals surface area contributed by atoms with Gasteiger partial charge in [-0.25, -0.2) is 4.79 Å². The van der Waals surface area contributed by atoms with Crippen LogP contribution in [-0.2, 0) is 4.79 Å². The molecule has 0 spiro atoms. The number of carboxylic acid groups (broad SMARTS) is 1. The van der Waals surface area contributed by atoms with Crippen molar-refractivity contribution in [2.24, 2.45) is 0 Å². The number of aromatic hydroxyl groups is 1. The molecule has 0 aromatic heterocycles. The van der Waals surface area contributed by atoms with Gasteiger partial charge in [0.1, 0.15) is 11.5 Å². The van der Waals surface area contributed by atoms with Gasteiger partial charge in [-0.05, 0) is 34.5 Å². The molecule has 2 N–H and O–H groups in total. The second-order valence-electron chi connectivity index (χ2n) is 5.68. The molecule has 1 unspecified atom stereocenters. The summed E-state index contributed by atoms with van der Waals surface area (Å²) >= 11 is 3.55. The number of carbonyl (C=O) groups is 2. The first kappa shape index (κ1) is 17.9. The number of fused-ring (bicyclic) bond motifs is 1. The minimum atomic E-state index is -1.13. The lowest BCUT2D eigenvalue weighted by atomic mass is 9.98. The van der Waals surface area contributed by atoms with Crippen LogP contribution >= 0.6 is 15.9 Å². The highest BCUT2D eigenvalue weighted by molar-refractivity contribution is 9.09. The van der Waals surface area contributed by atoms with E-state index in [1.807, 2.05) is 42.5 Å². The highest BCUT2D eigenvalue weighted by atomic mass is 79.9. The fourth-order valence-corrected chi connectivity index (χ4v) is 3.47. The lowest BCUT2D eigenvalue weighted by Crippen LogP contribution is -2.11. The monoisotopic (exact) mass is 414 g/mol. The third kappa shape index (κ3) is 3.55. The third-order valence-electron chi connectivity index (χ3n) is 4.01. The molecular formula is C20H15BrO5. The molecule has 1 atom stereocenters. The molecule has 0 aliphatic heterocycles. The Morgan fingerprint density at radius 3 is 2.54 bits per heavy atom. The molecule has 0 fully saturated rings. The van der Waals surface area contributed by atoms with Crippen LogP contribution < -0.4 is 4.74 Å². The number of alkyl halides is 1. The van der Waals surface area contributed by atoms with Crippen LogP contribution in [0.4, 0.5) is 0 Å². The molecule has 0 bridgehead atoms. The van der Waals surface area contributed by atoms with Gasteiger partial charge in [-0.2, -0.15) is 0 Å². The zero-order valence-corrected chi connectivity index (χ0v) is 15.1. The second kappa shape index (κ2) is 7.58. The summed E-state index contributed by atoms with van der Waals surface area (Å²) in [4.78, 5) is 21.5. The minimum absolute atomic E-state index is 0.105. The first-order valence-electron chi connectivity index (χ1n) is 7.79. The number of benzene rings is 3. The van der Waals surface area contributed by atoms with Gasteiger partial charge in [0.25, 0.3) is 0 Å². The summed E-state index contributed by atoms with van der Waals surface area (Å²) in [7, 11) is 0. The Balaban J connectivity index is 2.09. The van der Waals surface area contributed by atoms with E-state index in [2.05, 4.69) is 15.9 Å². The predicted molar refractivity (Wildman–Crippen MR) is 101 cm³/mol. The number of phenols is 1. The molecule has 26 heavy (non-hydrogen) atoms. The topological polar surface area (TPSA) is 83.8 Å². The van der Waals surface area contributed by atoms with Crippen molar-refractivity contribution in [2.45, 2.75) is 4.83 Å². The Labute approximate surface area is 158 Å². The van der Waals surface area contributed by atoms with Crippen molar-refractivity contribution >= 4 is 39.0 Å². The normalized spacial score (nSPS) is 11.9. The number of carboxylic acids is 1. The zero-order chi connectivity index (χ0) is 18.7. The molecule has 0 radical (unpaired) electrons. The number of hydrogen-bond donors (Lipinski definition) is 2. The summed E-state index contributed by atoms with van der Waals surface area (Å²) in [6.45, 7) is -0.551. The van der Waals surface area contributed by atoms with Crippen LogP contribution in [0.25, 0.3) is 10.8 Å². The van der Waals surface area contributed by atoms with Crippen LogP contribution in [-0.4, -0.2) is 29.1 Å². The van der Waals surface area contributed by atoms with Crippen molar-refractivity contribution in [3.63, 3.8) is 0 Å². The van der Waals surface area contributed by atoms with Crippen molar-refractivity contribution in [2.75, 3.05) is 6.61 Å². The summed E-state index contributed by atoms with van der Waals surface area (Å²) in [5.74, 6) is -1.17. The van der Waals surface area contributed by atoms with Crippen LogP contribution in [0, 0.1) is 0 Å². The molecule has 5 nitrogen and oxygen atoms in total. The van der Waals surface area contributed by atoms with Gasteiger partial charge in [0.05, 0.1) is 16.0 Å². The maximum Gasteiger partial charge on any atom is 0.341 e.